The normalized spacial score (nSPS) is 13.0. The number of aromatic nitrogens is 1. The molecule has 0 bridgehead atoms. The second-order valence-corrected chi connectivity index (χ2v) is 4.21. The number of nitrogens with one attached hydrogen (secondary N) is 1. The topological polar surface area (TPSA) is 38.1 Å². The van der Waals surface area contributed by atoms with Gasteiger partial charge in [-0.2, -0.15) is 0 Å². The van der Waals surface area contributed by atoms with Crippen LogP contribution in [0.15, 0.2) is 10.6 Å². The third-order valence-corrected chi connectivity index (χ3v) is 2.55. The van der Waals surface area contributed by atoms with Crippen LogP contribution in [0.25, 0.3) is 0 Å². The molecule has 3 heteroatoms. The van der Waals surface area contributed by atoms with E-state index in [1.807, 2.05) is 13.0 Å². The zero-order valence-electron chi connectivity index (χ0n) is 10.0. The van der Waals surface area contributed by atoms with E-state index in [2.05, 4.69) is 24.3 Å². The van der Waals surface area contributed by atoms with Gasteiger partial charge in [0.2, 0.25) is 0 Å². The molecule has 1 aromatic rings. The highest BCUT2D eigenvalue weighted by Crippen LogP contribution is 2.05. The lowest BCUT2D eigenvalue weighted by atomic mass is 10.1. The number of nitrogens with zero attached hydrogens (tertiary/aromatic N) is 1. The molecule has 0 spiro atoms. The molecule has 1 rings (SSSR count). The highest BCUT2D eigenvalue weighted by molar-refractivity contribution is 5.02. The number of rotatable bonds is 7. The van der Waals surface area contributed by atoms with E-state index in [1.165, 1.54) is 25.7 Å². The van der Waals surface area contributed by atoms with Gasteiger partial charge in [-0.15, -0.1) is 0 Å². The molecule has 0 aromatic carbocycles. The van der Waals surface area contributed by atoms with Crippen LogP contribution in [0.3, 0.4) is 0 Å². The summed E-state index contributed by atoms with van der Waals surface area (Å²) in [6.07, 6.45) is 5.16. The molecule has 0 aliphatic rings. The summed E-state index contributed by atoms with van der Waals surface area (Å²) < 4.78 is 5.01. The molecule has 0 aliphatic heterocycles. The van der Waals surface area contributed by atoms with Crippen LogP contribution in [0, 0.1) is 6.92 Å². The molecule has 0 saturated carbocycles. The summed E-state index contributed by atoms with van der Waals surface area (Å²) >= 11 is 0. The fraction of sp³-hybridized carbons (Fsp3) is 0.750. The summed E-state index contributed by atoms with van der Waals surface area (Å²) in [5.74, 6) is 0.880. The minimum atomic E-state index is 0.563. The molecule has 1 heterocycles. The van der Waals surface area contributed by atoms with Gasteiger partial charge >= 0.3 is 0 Å². The second kappa shape index (κ2) is 6.62. The highest BCUT2D eigenvalue weighted by Gasteiger charge is 2.03. The third-order valence-electron chi connectivity index (χ3n) is 2.55. The van der Waals surface area contributed by atoms with Crippen molar-refractivity contribution >= 4 is 0 Å². The summed E-state index contributed by atoms with van der Waals surface area (Å²) in [5, 5.41) is 7.40. The molecule has 1 N–H and O–H groups in total. The van der Waals surface area contributed by atoms with E-state index in [-0.39, 0.29) is 0 Å². The van der Waals surface area contributed by atoms with Crippen LogP contribution in [0.4, 0.5) is 0 Å². The Labute approximate surface area is 92.2 Å². The Morgan fingerprint density at radius 2 is 2.27 bits per heavy atom. The number of hydrogen-bond acceptors (Lipinski definition) is 3. The fourth-order valence-electron chi connectivity index (χ4n) is 1.58. The lowest BCUT2D eigenvalue weighted by Gasteiger charge is -2.11. The van der Waals surface area contributed by atoms with Gasteiger partial charge in [-0.05, 0) is 20.3 Å². The highest BCUT2D eigenvalue weighted by atomic mass is 16.5. The van der Waals surface area contributed by atoms with Gasteiger partial charge in [0.1, 0.15) is 5.76 Å². The SMILES string of the molecule is CCCCCC(C)NCc1cc(C)on1. The van der Waals surface area contributed by atoms with Crippen LogP contribution >= 0.6 is 0 Å². The maximum Gasteiger partial charge on any atom is 0.133 e. The van der Waals surface area contributed by atoms with Gasteiger partial charge in [0, 0.05) is 18.7 Å². The average Bonchev–Trinajstić information content (AvgIpc) is 2.62. The van der Waals surface area contributed by atoms with E-state index in [4.69, 9.17) is 4.52 Å². The first-order valence-corrected chi connectivity index (χ1v) is 5.88. The van der Waals surface area contributed by atoms with Crippen molar-refractivity contribution in [2.75, 3.05) is 0 Å². The van der Waals surface area contributed by atoms with Crippen LogP contribution in [0.1, 0.15) is 51.0 Å². The molecule has 0 amide bonds. The first-order valence-electron chi connectivity index (χ1n) is 5.88. The largest absolute Gasteiger partial charge is 0.361 e. The van der Waals surface area contributed by atoms with Crippen molar-refractivity contribution in [3.8, 4) is 0 Å². The van der Waals surface area contributed by atoms with Gasteiger partial charge in [-0.3, -0.25) is 0 Å². The summed E-state index contributed by atoms with van der Waals surface area (Å²) in [6, 6.07) is 2.54. The molecule has 0 saturated heterocycles. The van der Waals surface area contributed by atoms with Crippen molar-refractivity contribution in [3.05, 3.63) is 17.5 Å². The maximum atomic E-state index is 5.01. The average molecular weight is 210 g/mol. The summed E-state index contributed by atoms with van der Waals surface area (Å²) in [5.41, 5.74) is 0.995. The van der Waals surface area contributed by atoms with Gasteiger partial charge in [0.25, 0.3) is 0 Å². The smallest absolute Gasteiger partial charge is 0.133 e. The molecule has 3 nitrogen and oxygen atoms in total. The minimum absolute atomic E-state index is 0.563. The van der Waals surface area contributed by atoms with E-state index < -0.39 is 0 Å². The lowest BCUT2D eigenvalue weighted by Crippen LogP contribution is -2.25. The molecule has 15 heavy (non-hydrogen) atoms. The van der Waals surface area contributed by atoms with Crippen LogP contribution in [-0.4, -0.2) is 11.2 Å². The van der Waals surface area contributed by atoms with Crippen molar-refractivity contribution in [1.29, 1.82) is 0 Å². The Kier molecular flexibility index (Phi) is 5.40. The Bertz CT molecular complexity index is 270. The number of aryl methyl sites for hydroxylation is 1. The van der Waals surface area contributed by atoms with Crippen LogP contribution < -0.4 is 5.32 Å². The third kappa shape index (κ3) is 4.98. The molecule has 1 unspecified atom stereocenters. The van der Waals surface area contributed by atoms with Gasteiger partial charge < -0.3 is 9.84 Å². The van der Waals surface area contributed by atoms with Gasteiger partial charge in [-0.25, -0.2) is 0 Å². The predicted octanol–water partition coefficient (Wildman–Crippen LogP) is 3.04. The van der Waals surface area contributed by atoms with Crippen molar-refractivity contribution in [2.24, 2.45) is 0 Å². The van der Waals surface area contributed by atoms with Crippen molar-refractivity contribution in [2.45, 2.75) is 59.0 Å². The Hall–Kier alpha value is -0.830. The molecule has 0 aliphatic carbocycles. The summed E-state index contributed by atoms with van der Waals surface area (Å²) in [4.78, 5) is 0. The zero-order chi connectivity index (χ0) is 11.1. The maximum absolute atomic E-state index is 5.01. The van der Waals surface area contributed by atoms with E-state index >= 15 is 0 Å². The Morgan fingerprint density at radius 3 is 2.87 bits per heavy atom. The Morgan fingerprint density at radius 1 is 1.47 bits per heavy atom. The number of hydrogen-bond donors (Lipinski definition) is 1. The van der Waals surface area contributed by atoms with Gasteiger partial charge in [0.15, 0.2) is 0 Å². The first kappa shape index (κ1) is 12.2. The quantitative estimate of drug-likeness (QED) is 0.703. The lowest BCUT2D eigenvalue weighted by molar-refractivity contribution is 0.384. The Balaban J connectivity index is 2.13. The molecule has 1 atom stereocenters. The standard InChI is InChI=1S/C12H22N2O/c1-4-5-6-7-10(2)13-9-12-8-11(3)15-14-12/h8,10,13H,4-7,9H2,1-3H3. The van der Waals surface area contributed by atoms with E-state index in [9.17, 15) is 0 Å². The fourth-order valence-corrected chi connectivity index (χ4v) is 1.58. The van der Waals surface area contributed by atoms with Crippen molar-refractivity contribution < 1.29 is 4.52 Å². The minimum Gasteiger partial charge on any atom is -0.361 e. The summed E-state index contributed by atoms with van der Waals surface area (Å²) in [6.45, 7) is 7.19. The van der Waals surface area contributed by atoms with E-state index in [0.717, 1.165) is 18.0 Å². The predicted molar refractivity (Wildman–Crippen MR) is 61.7 cm³/mol. The van der Waals surface area contributed by atoms with Crippen LogP contribution in [-0.2, 0) is 6.54 Å². The monoisotopic (exact) mass is 210 g/mol. The first-order chi connectivity index (χ1) is 7.22. The molecule has 1 aromatic heterocycles. The van der Waals surface area contributed by atoms with E-state index in [0.29, 0.717) is 6.04 Å². The summed E-state index contributed by atoms with van der Waals surface area (Å²) in [7, 11) is 0. The van der Waals surface area contributed by atoms with Crippen molar-refractivity contribution in [1.82, 2.24) is 10.5 Å². The molecular weight excluding hydrogens is 188 g/mol. The van der Waals surface area contributed by atoms with Crippen LogP contribution in [0.2, 0.25) is 0 Å². The van der Waals surface area contributed by atoms with E-state index in [1.54, 1.807) is 0 Å². The molecule has 0 fully saturated rings. The van der Waals surface area contributed by atoms with Gasteiger partial charge in [-0.1, -0.05) is 31.3 Å². The van der Waals surface area contributed by atoms with Gasteiger partial charge in [0.05, 0.1) is 5.69 Å². The van der Waals surface area contributed by atoms with Crippen molar-refractivity contribution in [3.63, 3.8) is 0 Å². The molecule has 0 radical (unpaired) electrons. The molecule has 86 valence electrons. The number of unbranched alkanes of at least 4 members (excludes halogenated alkanes) is 2. The zero-order valence-corrected chi connectivity index (χ0v) is 10.0. The second-order valence-electron chi connectivity index (χ2n) is 4.21. The molecular formula is C12H22N2O. The van der Waals surface area contributed by atoms with Crippen LogP contribution in [0.5, 0.6) is 0 Å².